The third-order valence-electron chi connectivity index (χ3n) is 3.20. The summed E-state index contributed by atoms with van der Waals surface area (Å²) in [4.78, 5) is 8.84. The van der Waals surface area contributed by atoms with Gasteiger partial charge in [0.25, 0.3) is 0 Å². The molecule has 0 aliphatic heterocycles. The lowest BCUT2D eigenvalue weighted by atomic mass is 10.1. The van der Waals surface area contributed by atoms with Gasteiger partial charge in [-0.1, -0.05) is 30.0 Å². The molecule has 0 saturated carbocycles. The number of thioether (sulfide) groups is 1. The normalized spacial score (nSPS) is 18.6. The number of hydrogen-bond donors (Lipinski definition) is 0. The average molecular weight is 271 g/mol. The minimum atomic E-state index is 0.568. The molecule has 19 heavy (non-hydrogen) atoms. The Labute approximate surface area is 117 Å². The van der Waals surface area contributed by atoms with Crippen molar-refractivity contribution in [2.24, 2.45) is 0 Å². The molecule has 2 aromatic heterocycles. The van der Waals surface area contributed by atoms with Crippen LogP contribution >= 0.6 is 11.8 Å². The molecular formula is C15H17N3S. The van der Waals surface area contributed by atoms with Crippen LogP contribution in [0.5, 0.6) is 0 Å². The van der Waals surface area contributed by atoms with E-state index in [-0.39, 0.29) is 0 Å². The Morgan fingerprint density at radius 3 is 3.05 bits per heavy atom. The molecule has 3 nitrogen and oxygen atoms in total. The van der Waals surface area contributed by atoms with Gasteiger partial charge in [-0.15, -0.1) is 0 Å². The van der Waals surface area contributed by atoms with Crippen molar-refractivity contribution in [2.75, 3.05) is 0 Å². The Bertz CT molecular complexity index is 548. The highest BCUT2D eigenvalue weighted by Crippen LogP contribution is 2.29. The molecule has 0 amide bonds. The van der Waals surface area contributed by atoms with Crippen LogP contribution in [0.3, 0.4) is 0 Å². The molecule has 3 rings (SSSR count). The standard InChI is InChI=1S/C15H17N3S/c1-2-7-14(8-3-1)19-15-17-10-11-18(15)12-13-6-4-5-9-16-13/h2,4-7,9-11,14H,1,3,8,12H2/t14-/m1/s1. The van der Waals surface area contributed by atoms with Gasteiger partial charge < -0.3 is 4.57 Å². The maximum Gasteiger partial charge on any atom is 0.168 e. The number of aromatic nitrogens is 3. The first kappa shape index (κ1) is 12.5. The van der Waals surface area contributed by atoms with Crippen molar-refractivity contribution in [1.82, 2.24) is 14.5 Å². The van der Waals surface area contributed by atoms with Gasteiger partial charge in [0.05, 0.1) is 12.2 Å². The highest BCUT2D eigenvalue weighted by Gasteiger charge is 2.13. The first-order chi connectivity index (χ1) is 9.42. The molecule has 0 unspecified atom stereocenters. The van der Waals surface area contributed by atoms with E-state index in [0.717, 1.165) is 17.4 Å². The largest absolute Gasteiger partial charge is 0.320 e. The Kier molecular flexibility index (Phi) is 3.98. The van der Waals surface area contributed by atoms with E-state index in [1.165, 1.54) is 19.3 Å². The van der Waals surface area contributed by atoms with Crippen molar-refractivity contribution in [1.29, 1.82) is 0 Å². The Morgan fingerprint density at radius 1 is 1.26 bits per heavy atom. The number of imidazole rings is 1. The molecule has 0 N–H and O–H groups in total. The van der Waals surface area contributed by atoms with E-state index in [4.69, 9.17) is 0 Å². The topological polar surface area (TPSA) is 30.7 Å². The quantitative estimate of drug-likeness (QED) is 0.797. The summed E-state index contributed by atoms with van der Waals surface area (Å²) in [5.74, 6) is 0. The Hall–Kier alpha value is -1.55. The molecule has 1 aliphatic rings. The second kappa shape index (κ2) is 6.06. The zero-order valence-electron chi connectivity index (χ0n) is 10.8. The molecule has 98 valence electrons. The van der Waals surface area contributed by atoms with Gasteiger partial charge in [0, 0.05) is 23.8 Å². The molecule has 0 saturated heterocycles. The molecule has 0 radical (unpaired) electrons. The molecule has 1 aliphatic carbocycles. The summed E-state index contributed by atoms with van der Waals surface area (Å²) in [6.45, 7) is 0.791. The van der Waals surface area contributed by atoms with Gasteiger partial charge in [-0.25, -0.2) is 4.98 Å². The maximum absolute atomic E-state index is 4.47. The predicted octanol–water partition coefficient (Wildman–Crippen LogP) is 3.53. The molecule has 2 aromatic rings. The fourth-order valence-corrected chi connectivity index (χ4v) is 3.34. The summed E-state index contributed by atoms with van der Waals surface area (Å²) in [5.41, 5.74) is 1.07. The summed E-state index contributed by atoms with van der Waals surface area (Å²) in [5, 5.41) is 1.65. The third-order valence-corrected chi connectivity index (χ3v) is 4.45. The van der Waals surface area contributed by atoms with Crippen molar-refractivity contribution in [3.05, 3.63) is 54.6 Å². The van der Waals surface area contributed by atoms with Crippen LogP contribution in [0.1, 0.15) is 25.0 Å². The Morgan fingerprint density at radius 2 is 2.26 bits per heavy atom. The van der Waals surface area contributed by atoms with Crippen molar-refractivity contribution >= 4 is 11.8 Å². The summed E-state index contributed by atoms with van der Waals surface area (Å²) >= 11 is 1.85. The van der Waals surface area contributed by atoms with Crippen LogP contribution < -0.4 is 0 Å². The van der Waals surface area contributed by atoms with Crippen molar-refractivity contribution in [3.63, 3.8) is 0 Å². The second-order valence-corrected chi connectivity index (χ2v) is 5.88. The molecule has 0 aromatic carbocycles. The van der Waals surface area contributed by atoms with E-state index < -0.39 is 0 Å². The van der Waals surface area contributed by atoms with E-state index in [1.54, 1.807) is 0 Å². The Balaban J connectivity index is 1.71. The minimum Gasteiger partial charge on any atom is -0.320 e. The molecule has 1 atom stereocenters. The van der Waals surface area contributed by atoms with E-state index >= 15 is 0 Å². The smallest absolute Gasteiger partial charge is 0.168 e. The SMILES string of the molecule is C1=C[C@@H](Sc2nccn2Cc2ccccn2)CCC1. The van der Waals surface area contributed by atoms with Gasteiger partial charge in [-0.3, -0.25) is 4.98 Å². The number of hydrogen-bond acceptors (Lipinski definition) is 3. The summed E-state index contributed by atoms with van der Waals surface area (Å²) in [6.07, 6.45) is 14.1. The van der Waals surface area contributed by atoms with Gasteiger partial charge in [-0.05, 0) is 31.4 Å². The molecule has 2 heterocycles. The third kappa shape index (κ3) is 3.26. The van der Waals surface area contributed by atoms with Crippen LogP contribution in [0.15, 0.2) is 54.1 Å². The van der Waals surface area contributed by atoms with Gasteiger partial charge in [0.15, 0.2) is 5.16 Å². The van der Waals surface area contributed by atoms with Crippen LogP contribution in [0.25, 0.3) is 0 Å². The lowest BCUT2D eigenvalue weighted by Crippen LogP contribution is -2.07. The molecule has 0 bridgehead atoms. The van der Waals surface area contributed by atoms with Crippen molar-refractivity contribution < 1.29 is 0 Å². The lowest BCUT2D eigenvalue weighted by molar-refractivity contribution is 0.686. The van der Waals surface area contributed by atoms with Gasteiger partial charge in [-0.2, -0.15) is 0 Å². The molecular weight excluding hydrogens is 254 g/mol. The number of allylic oxidation sites excluding steroid dienone is 1. The predicted molar refractivity (Wildman–Crippen MR) is 78.2 cm³/mol. The highest BCUT2D eigenvalue weighted by molar-refractivity contribution is 7.99. The highest BCUT2D eigenvalue weighted by atomic mass is 32.2. The van der Waals surface area contributed by atoms with Crippen LogP contribution in [0.2, 0.25) is 0 Å². The average Bonchev–Trinajstić information content (AvgIpc) is 2.88. The fourth-order valence-electron chi connectivity index (χ4n) is 2.21. The van der Waals surface area contributed by atoms with E-state index in [0.29, 0.717) is 5.25 Å². The zero-order chi connectivity index (χ0) is 12.9. The second-order valence-electron chi connectivity index (χ2n) is 4.67. The van der Waals surface area contributed by atoms with Gasteiger partial charge >= 0.3 is 0 Å². The van der Waals surface area contributed by atoms with E-state index in [1.807, 2.05) is 42.5 Å². The van der Waals surface area contributed by atoms with E-state index in [9.17, 15) is 0 Å². The maximum atomic E-state index is 4.47. The van der Waals surface area contributed by atoms with Crippen LogP contribution in [0.4, 0.5) is 0 Å². The lowest BCUT2D eigenvalue weighted by Gasteiger charge is -2.16. The van der Waals surface area contributed by atoms with Crippen molar-refractivity contribution in [2.45, 2.75) is 36.2 Å². The zero-order valence-corrected chi connectivity index (χ0v) is 11.6. The number of rotatable bonds is 4. The summed E-state index contributed by atoms with van der Waals surface area (Å²) in [6, 6.07) is 6.02. The molecule has 0 fully saturated rings. The van der Waals surface area contributed by atoms with Crippen LogP contribution in [-0.4, -0.2) is 19.8 Å². The monoisotopic (exact) mass is 271 g/mol. The van der Waals surface area contributed by atoms with Gasteiger partial charge in [0.1, 0.15) is 0 Å². The molecule has 4 heteroatoms. The summed E-state index contributed by atoms with van der Waals surface area (Å²) in [7, 11) is 0. The number of pyridine rings is 1. The van der Waals surface area contributed by atoms with Crippen LogP contribution in [0, 0.1) is 0 Å². The van der Waals surface area contributed by atoms with Gasteiger partial charge in [0.2, 0.25) is 0 Å². The first-order valence-corrected chi connectivity index (χ1v) is 7.54. The number of nitrogens with zero attached hydrogens (tertiary/aromatic N) is 3. The minimum absolute atomic E-state index is 0.568. The molecule has 0 spiro atoms. The summed E-state index contributed by atoms with van der Waals surface area (Å²) < 4.78 is 2.18. The van der Waals surface area contributed by atoms with E-state index in [2.05, 4.69) is 32.8 Å². The van der Waals surface area contributed by atoms with Crippen molar-refractivity contribution in [3.8, 4) is 0 Å². The van der Waals surface area contributed by atoms with Crippen LogP contribution in [-0.2, 0) is 6.54 Å². The first-order valence-electron chi connectivity index (χ1n) is 6.66. The fraction of sp³-hybridized carbons (Fsp3) is 0.333.